The van der Waals surface area contributed by atoms with Gasteiger partial charge in [0.25, 0.3) is 0 Å². The first-order chi connectivity index (χ1) is 8.09. The minimum atomic E-state index is -0.364. The minimum Gasteiger partial charge on any atom is -0.409 e. The normalized spacial score (nSPS) is 21.2. The zero-order chi connectivity index (χ0) is 12.9. The molecule has 1 amide bonds. The van der Waals surface area contributed by atoms with E-state index in [9.17, 15) is 4.79 Å². The van der Waals surface area contributed by atoms with Crippen molar-refractivity contribution >= 4 is 11.7 Å². The van der Waals surface area contributed by atoms with Crippen LogP contribution in [0.15, 0.2) is 5.16 Å². The van der Waals surface area contributed by atoms with Crippen LogP contribution in [0.2, 0.25) is 0 Å². The van der Waals surface area contributed by atoms with E-state index in [2.05, 4.69) is 17.4 Å². The molecule has 0 aromatic carbocycles. The number of nitrogens with zero attached hydrogens (tertiary/aromatic N) is 1. The Morgan fingerprint density at radius 3 is 2.47 bits per heavy atom. The SMILES string of the molecule is CCC(NC(=O)C1(CC)CCCC1)C(N)=NO. The van der Waals surface area contributed by atoms with Crippen molar-refractivity contribution < 1.29 is 10.0 Å². The van der Waals surface area contributed by atoms with E-state index in [1.807, 2.05) is 6.92 Å². The molecule has 1 atom stereocenters. The third kappa shape index (κ3) is 2.90. The number of carbonyl (C=O) groups excluding carboxylic acids is 1. The van der Waals surface area contributed by atoms with Crippen molar-refractivity contribution in [2.24, 2.45) is 16.3 Å². The van der Waals surface area contributed by atoms with E-state index >= 15 is 0 Å². The first-order valence-corrected chi connectivity index (χ1v) is 6.38. The predicted octanol–water partition coefficient (Wildman–Crippen LogP) is 1.60. The number of nitrogens with one attached hydrogen (secondary N) is 1. The van der Waals surface area contributed by atoms with Gasteiger partial charge in [-0.3, -0.25) is 4.79 Å². The summed E-state index contributed by atoms with van der Waals surface area (Å²) in [6.07, 6.45) is 5.60. The van der Waals surface area contributed by atoms with E-state index in [1.165, 1.54) is 0 Å². The zero-order valence-corrected chi connectivity index (χ0v) is 10.7. The molecular weight excluding hydrogens is 218 g/mol. The highest BCUT2D eigenvalue weighted by molar-refractivity contribution is 5.91. The van der Waals surface area contributed by atoms with E-state index in [-0.39, 0.29) is 23.2 Å². The standard InChI is InChI=1S/C12H23N3O2/c1-3-9(10(13)15-17)14-11(16)12(4-2)7-5-6-8-12/h9,17H,3-8H2,1-2H3,(H2,13,15)(H,14,16). The molecule has 1 unspecified atom stereocenters. The lowest BCUT2D eigenvalue weighted by molar-refractivity contribution is -0.131. The van der Waals surface area contributed by atoms with Crippen molar-refractivity contribution in [3.05, 3.63) is 0 Å². The van der Waals surface area contributed by atoms with Gasteiger partial charge >= 0.3 is 0 Å². The number of carbonyl (C=O) groups is 1. The summed E-state index contributed by atoms with van der Waals surface area (Å²) in [5.41, 5.74) is 5.31. The van der Waals surface area contributed by atoms with Crippen LogP contribution in [0.1, 0.15) is 52.4 Å². The monoisotopic (exact) mass is 241 g/mol. The van der Waals surface area contributed by atoms with Gasteiger partial charge in [0.15, 0.2) is 5.84 Å². The fourth-order valence-corrected chi connectivity index (χ4v) is 2.56. The van der Waals surface area contributed by atoms with Crippen molar-refractivity contribution in [1.82, 2.24) is 5.32 Å². The summed E-state index contributed by atoms with van der Waals surface area (Å²) in [6, 6.07) is -0.364. The molecule has 1 fully saturated rings. The van der Waals surface area contributed by atoms with Crippen LogP contribution in [-0.2, 0) is 4.79 Å². The van der Waals surface area contributed by atoms with Gasteiger partial charge in [0.2, 0.25) is 5.91 Å². The molecule has 0 radical (unpaired) electrons. The largest absolute Gasteiger partial charge is 0.409 e. The fourth-order valence-electron chi connectivity index (χ4n) is 2.56. The molecule has 1 aliphatic carbocycles. The first-order valence-electron chi connectivity index (χ1n) is 6.38. The van der Waals surface area contributed by atoms with E-state index in [0.29, 0.717) is 6.42 Å². The van der Waals surface area contributed by atoms with Crippen LogP contribution >= 0.6 is 0 Å². The summed E-state index contributed by atoms with van der Waals surface area (Å²) in [7, 11) is 0. The average molecular weight is 241 g/mol. The molecule has 0 aromatic rings. The van der Waals surface area contributed by atoms with Crippen LogP contribution < -0.4 is 11.1 Å². The van der Waals surface area contributed by atoms with Gasteiger partial charge in [-0.05, 0) is 25.7 Å². The van der Waals surface area contributed by atoms with Crippen molar-refractivity contribution in [3.8, 4) is 0 Å². The van der Waals surface area contributed by atoms with Crippen LogP contribution in [0.4, 0.5) is 0 Å². The van der Waals surface area contributed by atoms with Crippen molar-refractivity contribution in [2.45, 2.75) is 58.4 Å². The second-order valence-corrected chi connectivity index (χ2v) is 4.80. The molecule has 0 heterocycles. The molecule has 0 saturated heterocycles. The molecule has 0 aliphatic heterocycles. The predicted molar refractivity (Wildman–Crippen MR) is 66.8 cm³/mol. The number of hydrogen-bond acceptors (Lipinski definition) is 3. The zero-order valence-electron chi connectivity index (χ0n) is 10.7. The lowest BCUT2D eigenvalue weighted by Gasteiger charge is -2.28. The average Bonchev–Trinajstić information content (AvgIpc) is 2.84. The number of nitrogens with two attached hydrogens (primary N) is 1. The molecule has 0 aromatic heterocycles. The molecule has 1 aliphatic rings. The summed E-state index contributed by atoms with van der Waals surface area (Å²) < 4.78 is 0. The Morgan fingerprint density at radius 2 is 2.06 bits per heavy atom. The van der Waals surface area contributed by atoms with E-state index in [4.69, 9.17) is 10.9 Å². The molecule has 1 rings (SSSR count). The Bertz CT molecular complexity index is 296. The van der Waals surface area contributed by atoms with Gasteiger partial charge in [0.1, 0.15) is 0 Å². The van der Waals surface area contributed by atoms with Crippen molar-refractivity contribution in [3.63, 3.8) is 0 Å². The third-order valence-corrected chi connectivity index (χ3v) is 3.91. The molecule has 17 heavy (non-hydrogen) atoms. The third-order valence-electron chi connectivity index (χ3n) is 3.91. The molecule has 4 N–H and O–H groups in total. The van der Waals surface area contributed by atoms with Crippen molar-refractivity contribution in [1.29, 1.82) is 0 Å². The highest BCUT2D eigenvalue weighted by Gasteiger charge is 2.40. The van der Waals surface area contributed by atoms with E-state index in [1.54, 1.807) is 0 Å². The number of hydrogen-bond donors (Lipinski definition) is 3. The topological polar surface area (TPSA) is 87.7 Å². The highest BCUT2D eigenvalue weighted by atomic mass is 16.4. The molecular formula is C12H23N3O2. The Balaban J connectivity index is 2.69. The summed E-state index contributed by atoms with van der Waals surface area (Å²) >= 11 is 0. The van der Waals surface area contributed by atoms with Gasteiger partial charge in [-0.1, -0.05) is 31.8 Å². The molecule has 5 heteroatoms. The maximum atomic E-state index is 12.3. The van der Waals surface area contributed by atoms with Gasteiger partial charge in [-0.15, -0.1) is 0 Å². The molecule has 5 nitrogen and oxygen atoms in total. The Labute approximate surface area is 102 Å². The van der Waals surface area contributed by atoms with Crippen LogP contribution in [0.5, 0.6) is 0 Å². The number of amides is 1. The smallest absolute Gasteiger partial charge is 0.226 e. The summed E-state index contributed by atoms with van der Waals surface area (Å²) in [5, 5.41) is 14.5. The van der Waals surface area contributed by atoms with Gasteiger partial charge in [-0.2, -0.15) is 0 Å². The Hall–Kier alpha value is -1.26. The summed E-state index contributed by atoms with van der Waals surface area (Å²) in [6.45, 7) is 3.95. The first kappa shape index (κ1) is 13.8. The van der Waals surface area contributed by atoms with Crippen molar-refractivity contribution in [2.75, 3.05) is 0 Å². The quantitative estimate of drug-likeness (QED) is 0.296. The highest BCUT2D eigenvalue weighted by Crippen LogP contribution is 2.41. The Kier molecular flexibility index (Phi) is 4.78. The van der Waals surface area contributed by atoms with Crippen LogP contribution in [0.25, 0.3) is 0 Å². The summed E-state index contributed by atoms with van der Waals surface area (Å²) in [5.74, 6) is 0.126. The second kappa shape index (κ2) is 5.89. The maximum absolute atomic E-state index is 12.3. The molecule has 98 valence electrons. The van der Waals surface area contributed by atoms with Crippen LogP contribution in [-0.4, -0.2) is 23.0 Å². The van der Waals surface area contributed by atoms with Crippen LogP contribution in [0, 0.1) is 5.41 Å². The minimum absolute atomic E-state index is 0.0518. The van der Waals surface area contributed by atoms with Gasteiger partial charge in [0.05, 0.1) is 6.04 Å². The summed E-state index contributed by atoms with van der Waals surface area (Å²) in [4.78, 5) is 12.3. The van der Waals surface area contributed by atoms with Gasteiger partial charge < -0.3 is 16.3 Å². The number of rotatable bonds is 5. The molecule has 0 bridgehead atoms. The lowest BCUT2D eigenvalue weighted by Crippen LogP contribution is -2.49. The molecule has 0 spiro atoms. The Morgan fingerprint density at radius 1 is 1.47 bits per heavy atom. The lowest BCUT2D eigenvalue weighted by atomic mass is 9.82. The number of oxime groups is 1. The number of amidine groups is 1. The van der Waals surface area contributed by atoms with E-state index < -0.39 is 0 Å². The van der Waals surface area contributed by atoms with Crippen LogP contribution in [0.3, 0.4) is 0 Å². The maximum Gasteiger partial charge on any atom is 0.226 e. The van der Waals surface area contributed by atoms with Gasteiger partial charge in [0, 0.05) is 5.41 Å². The van der Waals surface area contributed by atoms with E-state index in [0.717, 1.165) is 32.1 Å². The second-order valence-electron chi connectivity index (χ2n) is 4.80. The van der Waals surface area contributed by atoms with Gasteiger partial charge in [-0.25, -0.2) is 0 Å². The fraction of sp³-hybridized carbons (Fsp3) is 0.833. The molecule has 1 saturated carbocycles.